The smallest absolute Gasteiger partial charge is 0.201 e. The molecule has 5 heterocycles. The Morgan fingerprint density at radius 3 is 0.693 bits per heavy atom. The molecule has 5 nitrogen and oxygen atoms in total. The summed E-state index contributed by atoms with van der Waals surface area (Å²) in [7, 11) is 10.2. The zero-order chi connectivity index (χ0) is 102. The molecule has 0 bridgehead atoms. The predicted molar refractivity (Wildman–Crippen MR) is 543 cm³/mol. The van der Waals surface area contributed by atoms with Crippen LogP contribution in [0, 0.1) is 96.7 Å². The Morgan fingerprint density at radius 1 is 0.189 bits per heavy atom. The topological polar surface area (TPSA) is 19.4 Å². The first-order valence-corrected chi connectivity index (χ1v) is 45.1. The van der Waals surface area contributed by atoms with Crippen molar-refractivity contribution in [2.24, 2.45) is 35.2 Å². The molecule has 0 saturated heterocycles. The van der Waals surface area contributed by atoms with Crippen LogP contribution in [0.2, 0.25) is 0 Å². The van der Waals surface area contributed by atoms with E-state index >= 15 is 0 Å². The van der Waals surface area contributed by atoms with E-state index in [1.54, 1.807) is 49.9 Å². The maximum absolute atomic E-state index is 8.54. The Kier molecular flexibility index (Phi) is 26.7. The molecule has 0 amide bonds. The van der Waals surface area contributed by atoms with Crippen LogP contribution in [0.4, 0.5) is 0 Å². The highest BCUT2D eigenvalue weighted by Crippen LogP contribution is 2.40. The van der Waals surface area contributed by atoms with Crippen LogP contribution >= 0.6 is 0 Å². The summed E-state index contributed by atoms with van der Waals surface area (Å²) in [6, 6.07) is 83.4. The highest BCUT2D eigenvalue weighted by atomic mass is 14.9. The Labute approximate surface area is 780 Å². The Morgan fingerprint density at radius 2 is 0.409 bits per heavy atom. The SMILES string of the molecule is Cc1cc(C)c(-c2cc(C(C)C)c(C(C)C)c[n+]2C)cc1-c1ccccc1.Cc1cc(C)c(-c2cc(C(C)C)c(C)c[n+]2C)cc1-c1ccccc1.Cc1cc(C)c(-c2cc(C)c(C(C)C)c[n+]2C)cc1-c1ccccc1.[2H]C([2H])([2H])c1cc(C)c(-c2cc(C([2H])(C)C)c(C([2H])([2H])[2H])c[n+]2C)cc1-c1ccccc1.[2H]C([2H])([2H])c1cc(C)c(-c2cc(C)c(C([2H])(C)C)c[n+]2C)cc1-c1ccccc1. The van der Waals surface area contributed by atoms with Gasteiger partial charge in [0, 0.05) is 101 Å². The van der Waals surface area contributed by atoms with Gasteiger partial charge >= 0.3 is 0 Å². The van der Waals surface area contributed by atoms with Crippen molar-refractivity contribution in [3.05, 3.63) is 385 Å². The van der Waals surface area contributed by atoms with E-state index in [0.29, 0.717) is 40.4 Å². The molecule has 127 heavy (non-hydrogen) atoms. The first-order valence-electron chi connectivity index (χ1n) is 50.6. The van der Waals surface area contributed by atoms with E-state index in [9.17, 15) is 0 Å². The minimum atomic E-state index is -2.35. The van der Waals surface area contributed by atoms with Crippen LogP contribution in [0.3, 0.4) is 0 Å². The van der Waals surface area contributed by atoms with Gasteiger partial charge in [0.05, 0.1) is 0 Å². The van der Waals surface area contributed by atoms with Gasteiger partial charge in [0.2, 0.25) is 28.5 Å². The highest BCUT2D eigenvalue weighted by molar-refractivity contribution is 5.81. The van der Waals surface area contributed by atoms with E-state index in [1.165, 1.54) is 134 Å². The number of aromatic nitrogens is 5. The van der Waals surface area contributed by atoms with Gasteiger partial charge in [-0.05, 0) is 302 Å². The maximum Gasteiger partial charge on any atom is 0.212 e. The quantitative estimate of drug-likeness (QED) is 0.0859. The third kappa shape index (κ3) is 22.5. The van der Waals surface area contributed by atoms with Crippen LogP contribution in [-0.2, 0) is 35.2 Å². The van der Waals surface area contributed by atoms with Crippen molar-refractivity contribution >= 4 is 0 Å². The maximum atomic E-state index is 8.54. The van der Waals surface area contributed by atoms with Crippen LogP contribution in [-0.4, -0.2) is 0 Å². The van der Waals surface area contributed by atoms with Crippen molar-refractivity contribution in [2.75, 3.05) is 0 Å². The first kappa shape index (κ1) is 80.8. The van der Waals surface area contributed by atoms with Gasteiger partial charge in [-0.15, -0.1) is 0 Å². The summed E-state index contributed by atoms with van der Waals surface area (Å²) >= 11 is 0. The Bertz CT molecular complexity index is 6870. The van der Waals surface area contributed by atoms with E-state index in [2.05, 4.69) is 316 Å². The predicted octanol–water partition coefficient (Wildman–Crippen LogP) is 30.3. The lowest BCUT2D eigenvalue weighted by Gasteiger charge is -2.17. The molecule has 0 unspecified atom stereocenters. The van der Waals surface area contributed by atoms with Gasteiger partial charge in [-0.25, -0.2) is 22.8 Å². The lowest BCUT2D eigenvalue weighted by Crippen LogP contribution is -2.32. The number of rotatable bonds is 16. The zero-order valence-electron chi connectivity index (χ0n) is 92.0. The third-order valence-corrected chi connectivity index (χ3v) is 24.9. The standard InChI is InChI=1S/C26H32N.4C24H28N/c1-17(2)22-15-26(27(7)16-25(22)18(3)4)24-14-23(19(5)13-20(24)6)21-11-9-8-10-12-21;2*1-16(2)21-14-24(25(6)15-19(21)5)23-13-22(17(3)12-18(23)4)20-10-8-7-9-11-20;2*1-16(2)23-15-25(6)24(13-19(23)5)22-14-21(17(3)12-18(22)4)20-10-8-7-9-11-20/h8-18H,1-7H3;4*7-16H,1-6H3/q5*+1/i;3D3,5D3,16D;;3D3,16D;. The number of benzene rings is 10. The molecule has 10 aromatic carbocycles. The minimum absolute atomic E-state index is 0.142. The summed E-state index contributed by atoms with van der Waals surface area (Å²) in [4.78, 5) is 0. The first-order chi connectivity index (χ1) is 64.5. The summed E-state index contributed by atoms with van der Waals surface area (Å²) in [6.07, 6.45) is 10.4. The summed E-state index contributed by atoms with van der Waals surface area (Å²) < 4.78 is 99.4. The Balaban J connectivity index is 0.000000166. The molecule has 0 saturated carbocycles. The van der Waals surface area contributed by atoms with Crippen molar-refractivity contribution in [1.82, 2.24) is 0 Å². The van der Waals surface area contributed by atoms with Crippen molar-refractivity contribution in [3.63, 3.8) is 0 Å². The average Bonchev–Trinajstić information content (AvgIpc) is 0.766. The van der Waals surface area contributed by atoms with Crippen LogP contribution in [0.25, 0.3) is 112 Å². The highest BCUT2D eigenvalue weighted by Gasteiger charge is 2.27. The molecule has 0 N–H and O–H groups in total. The molecule has 0 atom stereocenters. The third-order valence-electron chi connectivity index (χ3n) is 24.9. The molecule has 0 aliphatic carbocycles. The number of hydrogen-bond donors (Lipinski definition) is 0. The number of nitrogens with zero attached hydrogens (tertiary/aromatic N) is 5. The van der Waals surface area contributed by atoms with Crippen molar-refractivity contribution in [1.29, 1.82) is 0 Å². The number of aryl methyl sites for hydroxylation is 19. The normalized spacial score (nSPS) is 13.0. The lowest BCUT2D eigenvalue weighted by atomic mass is 9.88. The molecule has 15 rings (SSSR count). The fourth-order valence-corrected chi connectivity index (χ4v) is 18.0. The van der Waals surface area contributed by atoms with E-state index in [-0.39, 0.29) is 11.1 Å². The molecule has 5 aromatic heterocycles. The van der Waals surface area contributed by atoms with Gasteiger partial charge in [0.25, 0.3) is 0 Å². The van der Waals surface area contributed by atoms with Gasteiger partial charge in [0.15, 0.2) is 31.0 Å². The molecule has 0 aliphatic heterocycles. The summed E-state index contributed by atoms with van der Waals surface area (Å²) in [5.41, 5.74) is 43.4. The molecule has 0 aliphatic rings. The molecular weight excluding hydrogens is 1540 g/mol. The van der Waals surface area contributed by atoms with Crippen molar-refractivity contribution in [2.45, 2.75) is 215 Å². The van der Waals surface area contributed by atoms with Crippen LogP contribution in [0.15, 0.2) is 274 Å². The lowest BCUT2D eigenvalue weighted by molar-refractivity contribution is -0.661. The van der Waals surface area contributed by atoms with Gasteiger partial charge in [-0.3, -0.25) is 0 Å². The van der Waals surface area contributed by atoms with Gasteiger partial charge in [0.1, 0.15) is 35.2 Å². The molecule has 0 fully saturated rings. The largest absolute Gasteiger partial charge is 0.212 e. The van der Waals surface area contributed by atoms with E-state index in [0.717, 1.165) is 61.5 Å². The van der Waals surface area contributed by atoms with Crippen molar-refractivity contribution < 1.29 is 37.9 Å². The van der Waals surface area contributed by atoms with Crippen LogP contribution < -0.4 is 22.8 Å². The van der Waals surface area contributed by atoms with E-state index < -0.39 is 32.3 Å². The molecule has 0 spiro atoms. The van der Waals surface area contributed by atoms with Gasteiger partial charge < -0.3 is 0 Å². The summed E-state index contributed by atoms with van der Waals surface area (Å²) in [5, 5.41) is 0. The monoisotopic (exact) mass is 1690 g/mol. The average molecular weight is 1690 g/mol. The van der Waals surface area contributed by atoms with Crippen molar-refractivity contribution in [3.8, 4) is 112 Å². The minimum Gasteiger partial charge on any atom is -0.201 e. The Hall–Kier alpha value is -12.1. The molecule has 15 aromatic rings. The van der Waals surface area contributed by atoms with Crippen LogP contribution in [0.1, 0.15) is 245 Å². The van der Waals surface area contributed by atoms with E-state index in [1.807, 2.05) is 125 Å². The van der Waals surface area contributed by atoms with Gasteiger partial charge in [-0.1, -0.05) is 265 Å². The fraction of sp³-hybridized carbons (Fsp3) is 0.303. The van der Waals surface area contributed by atoms with Crippen LogP contribution in [0.5, 0.6) is 0 Å². The second-order valence-corrected chi connectivity index (χ2v) is 36.8. The number of pyridine rings is 5. The summed E-state index contributed by atoms with van der Waals surface area (Å²) in [6.45, 7) is 42.0. The molecular formula is C122H144N5+5. The zero-order valence-corrected chi connectivity index (χ0v) is 81.0. The number of hydrogen-bond acceptors (Lipinski definition) is 0. The molecule has 652 valence electrons. The molecule has 5 heteroatoms. The molecule has 0 radical (unpaired) electrons. The van der Waals surface area contributed by atoms with E-state index in [4.69, 9.17) is 15.1 Å². The second-order valence-electron chi connectivity index (χ2n) is 36.8. The fourth-order valence-electron chi connectivity index (χ4n) is 18.0. The summed E-state index contributed by atoms with van der Waals surface area (Å²) in [5.74, 6) is 0.305. The second kappa shape index (κ2) is 42.0. The van der Waals surface area contributed by atoms with Gasteiger partial charge in [-0.2, -0.15) is 0 Å².